The van der Waals surface area contributed by atoms with E-state index in [4.69, 9.17) is 3.10 Å². The second-order valence-electron chi connectivity index (χ2n) is 9.89. The van der Waals surface area contributed by atoms with E-state index < -0.39 is 26.7 Å². The van der Waals surface area contributed by atoms with Gasteiger partial charge < -0.3 is 0 Å². The summed E-state index contributed by atoms with van der Waals surface area (Å²) in [5.74, 6) is 6.20. The molecule has 0 amide bonds. The van der Waals surface area contributed by atoms with Gasteiger partial charge in [-0.05, 0) is 0 Å². The van der Waals surface area contributed by atoms with Gasteiger partial charge in [0.05, 0.1) is 0 Å². The summed E-state index contributed by atoms with van der Waals surface area (Å²) in [5.41, 5.74) is 3.75. The van der Waals surface area contributed by atoms with Crippen LogP contribution < -0.4 is 0 Å². The summed E-state index contributed by atoms with van der Waals surface area (Å²) in [6, 6.07) is 0. The molecule has 0 aromatic carbocycles. The van der Waals surface area contributed by atoms with Crippen LogP contribution in [0.5, 0.6) is 0 Å². The van der Waals surface area contributed by atoms with Crippen molar-refractivity contribution < 1.29 is 3.10 Å². The first-order valence-electron chi connectivity index (χ1n) is 10.1. The van der Waals surface area contributed by atoms with Crippen molar-refractivity contribution in [2.75, 3.05) is 0 Å². The molecule has 3 heteroatoms. The maximum atomic E-state index is 6.97. The summed E-state index contributed by atoms with van der Waals surface area (Å²) in [6.45, 7) is 16.7. The van der Waals surface area contributed by atoms with Crippen molar-refractivity contribution in [2.45, 2.75) is 98.4 Å². The number of hydrogen-bond acceptors (Lipinski definition) is 1. The zero-order chi connectivity index (χ0) is 18.0. The molecule has 0 aromatic rings. The zero-order valence-electron chi connectivity index (χ0n) is 17.2. The molecule has 2 atom stereocenters. The van der Waals surface area contributed by atoms with E-state index in [-0.39, 0.29) is 0 Å². The molecule has 1 saturated carbocycles. The number of rotatable bonds is 5. The average molecular weight is 464 g/mol. The molecule has 1 aliphatic heterocycles. The fraction of sp³-hybridized carbons (Fsp3) is 0.905. The maximum absolute atomic E-state index is 6.97. The Morgan fingerprint density at radius 2 is 1.50 bits per heavy atom. The number of hydrogen-bond donors (Lipinski definition) is 0. The Morgan fingerprint density at radius 1 is 0.958 bits per heavy atom. The predicted molar refractivity (Wildman–Crippen MR) is 111 cm³/mol. The predicted octanol–water partition coefficient (Wildman–Crippen LogP) is 6.47. The van der Waals surface area contributed by atoms with Crippen LogP contribution in [0.3, 0.4) is 0 Å². The molecule has 0 unspecified atom stereocenters. The van der Waals surface area contributed by atoms with E-state index >= 15 is 0 Å². The van der Waals surface area contributed by atoms with Gasteiger partial charge in [-0.1, -0.05) is 0 Å². The Kier molecular flexibility index (Phi) is 7.36. The van der Waals surface area contributed by atoms with Crippen LogP contribution in [0.1, 0.15) is 59.8 Å². The molecule has 1 aliphatic carbocycles. The van der Waals surface area contributed by atoms with Crippen LogP contribution in [0.15, 0.2) is 0 Å². The van der Waals surface area contributed by atoms with Crippen molar-refractivity contribution in [3.05, 3.63) is 0 Å². The third kappa shape index (κ3) is 5.51. The van der Waals surface area contributed by atoms with E-state index in [0.29, 0.717) is 10.1 Å². The monoisotopic (exact) mass is 466 g/mol. The van der Waals surface area contributed by atoms with Crippen LogP contribution in [0.2, 0.25) is 32.5 Å². The van der Waals surface area contributed by atoms with E-state index in [1.165, 1.54) is 41.0 Å². The van der Waals surface area contributed by atoms with E-state index in [1.54, 1.807) is 0 Å². The molecule has 140 valence electrons. The van der Waals surface area contributed by atoms with Crippen LogP contribution in [-0.2, 0) is 3.10 Å². The van der Waals surface area contributed by atoms with Gasteiger partial charge in [0.25, 0.3) is 0 Å². The van der Waals surface area contributed by atoms with E-state index in [0.717, 1.165) is 17.8 Å². The standard InChI is InChI=1S/C21H40OSiTe/c1-17(2)15-24(16-18(3)4)20(13-14-23(5,6)7)21(22-24)19-11-9-8-10-12-19/h17-21H,8-12,15-16H2,1-7H3/t20-,21+/m1/s1. The van der Waals surface area contributed by atoms with E-state index in [9.17, 15) is 0 Å². The van der Waals surface area contributed by atoms with Crippen molar-refractivity contribution >= 4 is 26.7 Å². The summed E-state index contributed by atoms with van der Waals surface area (Å²) >= 11 is -2.33. The van der Waals surface area contributed by atoms with Crippen LogP contribution in [-0.4, -0.2) is 32.8 Å². The molecule has 0 bridgehead atoms. The van der Waals surface area contributed by atoms with Crippen molar-refractivity contribution in [1.82, 2.24) is 0 Å². The van der Waals surface area contributed by atoms with Gasteiger partial charge in [0.15, 0.2) is 0 Å². The van der Waals surface area contributed by atoms with Crippen LogP contribution in [0, 0.1) is 29.2 Å². The molecule has 2 rings (SSSR count). The molecule has 1 heterocycles. The van der Waals surface area contributed by atoms with Gasteiger partial charge in [0.2, 0.25) is 0 Å². The Bertz CT molecular complexity index is 452. The summed E-state index contributed by atoms with van der Waals surface area (Å²) < 4.78 is 10.3. The van der Waals surface area contributed by atoms with Crippen LogP contribution >= 0.6 is 0 Å². The Morgan fingerprint density at radius 3 is 1.96 bits per heavy atom. The molecule has 0 spiro atoms. The third-order valence-corrected chi connectivity index (χ3v) is 18.4. The van der Waals surface area contributed by atoms with Gasteiger partial charge in [-0.25, -0.2) is 0 Å². The fourth-order valence-corrected chi connectivity index (χ4v) is 18.5. The van der Waals surface area contributed by atoms with Gasteiger partial charge in [-0.15, -0.1) is 0 Å². The third-order valence-electron chi connectivity index (χ3n) is 5.00. The van der Waals surface area contributed by atoms with E-state index in [2.05, 4.69) is 58.8 Å². The van der Waals surface area contributed by atoms with Crippen molar-refractivity contribution in [2.24, 2.45) is 17.8 Å². The molecule has 2 fully saturated rings. The first-order chi connectivity index (χ1) is 11.1. The second kappa shape index (κ2) is 8.48. The van der Waals surface area contributed by atoms with Crippen molar-refractivity contribution in [3.8, 4) is 11.5 Å². The topological polar surface area (TPSA) is 9.23 Å². The SMILES string of the molecule is CC(C)C[Te]1(CC(C)C)O[C@@H](C2CCCCC2)[C@H]1C#C[Si](C)(C)C. The molecule has 0 aromatic heterocycles. The van der Waals surface area contributed by atoms with Crippen molar-refractivity contribution in [1.29, 1.82) is 0 Å². The summed E-state index contributed by atoms with van der Waals surface area (Å²) in [5, 5.41) is 0. The average Bonchev–Trinajstić information content (AvgIpc) is 2.43. The quantitative estimate of drug-likeness (QED) is 0.335. The zero-order valence-corrected chi connectivity index (χ0v) is 20.5. The summed E-state index contributed by atoms with van der Waals surface area (Å²) in [4.78, 5) is 0. The van der Waals surface area contributed by atoms with Gasteiger partial charge in [-0.2, -0.15) is 0 Å². The Hall–Kier alpha value is 0.526. The summed E-state index contributed by atoms with van der Waals surface area (Å²) in [7, 11) is -1.31. The first kappa shape index (κ1) is 20.8. The van der Waals surface area contributed by atoms with Gasteiger partial charge in [-0.3, -0.25) is 0 Å². The molecule has 1 saturated heterocycles. The fourth-order valence-electron chi connectivity index (χ4n) is 4.27. The van der Waals surface area contributed by atoms with Gasteiger partial charge in [0.1, 0.15) is 0 Å². The molecule has 24 heavy (non-hydrogen) atoms. The van der Waals surface area contributed by atoms with Gasteiger partial charge >= 0.3 is 157 Å². The minimum atomic E-state index is -2.33. The van der Waals surface area contributed by atoms with E-state index in [1.807, 2.05) is 0 Å². The van der Waals surface area contributed by atoms with Gasteiger partial charge in [0, 0.05) is 0 Å². The first-order valence-corrected chi connectivity index (χ1v) is 19.2. The molecular formula is C21H40OSiTe. The molecular weight excluding hydrogens is 424 g/mol. The molecule has 1 nitrogen and oxygen atoms in total. The Balaban J connectivity index is 2.25. The normalized spacial score (nSPS) is 29.0. The second-order valence-corrected chi connectivity index (χ2v) is 23.5. The molecule has 0 N–H and O–H groups in total. The van der Waals surface area contributed by atoms with Crippen LogP contribution in [0.25, 0.3) is 0 Å². The summed E-state index contributed by atoms with van der Waals surface area (Å²) in [6.07, 6.45) is 7.52. The van der Waals surface area contributed by atoms with Crippen LogP contribution in [0.4, 0.5) is 0 Å². The minimum absolute atomic E-state index is 0.493. The molecule has 0 radical (unpaired) electrons. The molecule has 2 aliphatic rings. The van der Waals surface area contributed by atoms with Crippen molar-refractivity contribution in [3.63, 3.8) is 0 Å². The Labute approximate surface area is 157 Å².